The second-order valence-corrected chi connectivity index (χ2v) is 12.6. The zero-order chi connectivity index (χ0) is 28.7. The van der Waals surface area contributed by atoms with Gasteiger partial charge in [-0.25, -0.2) is 8.42 Å². The molecule has 2 amide bonds. The molecule has 0 unspecified atom stereocenters. The summed E-state index contributed by atoms with van der Waals surface area (Å²) >= 11 is 0. The topological polar surface area (TPSA) is 105 Å². The number of carbonyl (C=O) groups is 2. The standard InChI is InChI=1S/C30H41N3O6S/c1-4-26(30(35)31-24-8-5-6-9-24)32(21-23-13-11-22(2)12-14-23)29(34)10-7-17-33(40(3,36)37)25-15-16-27-28(20-25)39-19-18-38-27/h11-16,20,24,26H,4-10,17-19,21H2,1-3H3,(H,31,35)/t26-/m1/s1. The van der Waals surface area contributed by atoms with Gasteiger partial charge >= 0.3 is 0 Å². The molecule has 4 rings (SSSR count). The fourth-order valence-corrected chi connectivity index (χ4v) is 6.33. The van der Waals surface area contributed by atoms with Crippen LogP contribution in [0, 0.1) is 6.92 Å². The Bertz CT molecular complexity index is 1270. The molecule has 2 aliphatic rings. The molecule has 9 nitrogen and oxygen atoms in total. The summed E-state index contributed by atoms with van der Waals surface area (Å²) in [6.07, 6.45) is 6.19. The first-order valence-corrected chi connectivity index (χ1v) is 16.0. The SMILES string of the molecule is CC[C@H](C(=O)NC1CCCC1)N(Cc1ccc(C)cc1)C(=O)CCCN(c1ccc2c(c1)OCCO2)S(C)(=O)=O. The normalized spacial score (nSPS) is 15.9. The number of carbonyl (C=O) groups excluding carboxylic acids is 2. The average Bonchev–Trinajstić information content (AvgIpc) is 3.44. The third-order valence-electron chi connectivity index (χ3n) is 7.53. The smallest absolute Gasteiger partial charge is 0.243 e. The molecule has 1 saturated carbocycles. The van der Waals surface area contributed by atoms with E-state index in [9.17, 15) is 18.0 Å². The lowest BCUT2D eigenvalue weighted by atomic mass is 10.1. The average molecular weight is 572 g/mol. The maximum absolute atomic E-state index is 13.7. The van der Waals surface area contributed by atoms with Gasteiger partial charge in [-0.2, -0.15) is 0 Å². The number of ether oxygens (including phenoxy) is 2. The number of fused-ring (bicyclic) bond motifs is 1. The summed E-state index contributed by atoms with van der Waals surface area (Å²) in [6, 6.07) is 12.5. The highest BCUT2D eigenvalue weighted by Gasteiger charge is 2.31. The Morgan fingerprint density at radius 2 is 1.70 bits per heavy atom. The number of nitrogens with one attached hydrogen (secondary N) is 1. The zero-order valence-electron chi connectivity index (χ0n) is 23.7. The van der Waals surface area contributed by atoms with Gasteiger partial charge in [-0.05, 0) is 50.3 Å². The number of anilines is 1. The highest BCUT2D eigenvalue weighted by Crippen LogP contribution is 2.35. The van der Waals surface area contributed by atoms with Crippen molar-refractivity contribution in [3.63, 3.8) is 0 Å². The van der Waals surface area contributed by atoms with Crippen LogP contribution in [0.25, 0.3) is 0 Å². The fraction of sp³-hybridized carbons (Fsp3) is 0.533. The minimum Gasteiger partial charge on any atom is -0.486 e. The number of nitrogens with zero attached hydrogens (tertiary/aromatic N) is 2. The fourth-order valence-electron chi connectivity index (χ4n) is 5.37. The van der Waals surface area contributed by atoms with Gasteiger partial charge in [0.1, 0.15) is 19.3 Å². The van der Waals surface area contributed by atoms with Crippen molar-refractivity contribution in [2.45, 2.75) is 77.4 Å². The Balaban J connectivity index is 1.48. The van der Waals surface area contributed by atoms with Gasteiger partial charge in [0.2, 0.25) is 21.8 Å². The van der Waals surface area contributed by atoms with Crippen molar-refractivity contribution >= 4 is 27.5 Å². The van der Waals surface area contributed by atoms with E-state index in [1.807, 2.05) is 38.1 Å². The van der Waals surface area contributed by atoms with Crippen LogP contribution in [0.15, 0.2) is 42.5 Å². The Hall–Kier alpha value is -3.27. The van der Waals surface area contributed by atoms with Gasteiger partial charge in [0.25, 0.3) is 0 Å². The molecular weight excluding hydrogens is 530 g/mol. The highest BCUT2D eigenvalue weighted by molar-refractivity contribution is 7.92. The van der Waals surface area contributed by atoms with Crippen LogP contribution in [0.5, 0.6) is 11.5 Å². The molecule has 2 aromatic rings. The second-order valence-electron chi connectivity index (χ2n) is 10.7. The van der Waals surface area contributed by atoms with Crippen molar-refractivity contribution < 1.29 is 27.5 Å². The second kappa shape index (κ2) is 13.4. The Morgan fingerprint density at radius 1 is 1.02 bits per heavy atom. The highest BCUT2D eigenvalue weighted by atomic mass is 32.2. The first kappa shape index (κ1) is 29.7. The molecule has 40 heavy (non-hydrogen) atoms. The summed E-state index contributed by atoms with van der Waals surface area (Å²) in [4.78, 5) is 28.6. The van der Waals surface area contributed by atoms with Gasteiger partial charge in [0, 0.05) is 31.6 Å². The van der Waals surface area contributed by atoms with E-state index in [4.69, 9.17) is 9.47 Å². The molecule has 1 aliphatic carbocycles. The monoisotopic (exact) mass is 571 g/mol. The molecule has 1 heterocycles. The van der Waals surface area contributed by atoms with Crippen LogP contribution in [0.2, 0.25) is 0 Å². The molecule has 10 heteroatoms. The van der Waals surface area contributed by atoms with Gasteiger partial charge in [0.15, 0.2) is 11.5 Å². The van der Waals surface area contributed by atoms with Crippen LogP contribution in [-0.4, -0.2) is 63.2 Å². The van der Waals surface area contributed by atoms with E-state index in [-0.39, 0.29) is 30.8 Å². The third kappa shape index (κ3) is 7.68. The third-order valence-corrected chi connectivity index (χ3v) is 8.72. The minimum atomic E-state index is -3.62. The number of benzene rings is 2. The van der Waals surface area contributed by atoms with Crippen LogP contribution in [0.1, 0.15) is 63.0 Å². The van der Waals surface area contributed by atoms with Crippen molar-refractivity contribution in [3.05, 3.63) is 53.6 Å². The molecule has 218 valence electrons. The van der Waals surface area contributed by atoms with Gasteiger partial charge in [0.05, 0.1) is 11.9 Å². The summed E-state index contributed by atoms with van der Waals surface area (Å²) in [5.41, 5.74) is 2.52. The Kier molecular flexibility index (Phi) is 9.95. The molecule has 1 aliphatic heterocycles. The summed E-state index contributed by atoms with van der Waals surface area (Å²) < 4.78 is 37.9. The minimum absolute atomic E-state index is 0.107. The van der Waals surface area contributed by atoms with Crippen molar-refractivity contribution in [1.82, 2.24) is 10.2 Å². The van der Waals surface area contributed by atoms with E-state index in [1.165, 1.54) is 4.31 Å². The first-order chi connectivity index (χ1) is 19.2. The maximum Gasteiger partial charge on any atom is 0.243 e. The Morgan fingerprint density at radius 3 is 2.35 bits per heavy atom. The Labute approximate surface area is 237 Å². The van der Waals surface area contributed by atoms with Crippen LogP contribution >= 0.6 is 0 Å². The van der Waals surface area contributed by atoms with E-state index < -0.39 is 16.1 Å². The molecule has 1 atom stereocenters. The lowest BCUT2D eigenvalue weighted by Gasteiger charge is -2.32. The first-order valence-electron chi connectivity index (χ1n) is 14.2. The summed E-state index contributed by atoms with van der Waals surface area (Å²) in [5.74, 6) is 0.775. The number of sulfonamides is 1. The molecule has 0 radical (unpaired) electrons. The number of amides is 2. The quantitative estimate of drug-likeness (QED) is 0.410. The van der Waals surface area contributed by atoms with Gasteiger partial charge in [-0.15, -0.1) is 0 Å². The summed E-state index contributed by atoms with van der Waals surface area (Å²) in [5, 5.41) is 3.16. The number of rotatable bonds is 12. The molecule has 0 saturated heterocycles. The van der Waals surface area contributed by atoms with Gasteiger partial charge in [-0.3, -0.25) is 13.9 Å². The summed E-state index contributed by atoms with van der Waals surface area (Å²) in [7, 11) is -3.62. The van der Waals surface area contributed by atoms with E-state index in [1.54, 1.807) is 23.1 Å². The molecular formula is C30H41N3O6S. The lowest BCUT2D eigenvalue weighted by Crippen LogP contribution is -2.51. The molecule has 2 aromatic carbocycles. The van der Waals surface area contributed by atoms with Crippen molar-refractivity contribution in [2.75, 3.05) is 30.3 Å². The molecule has 1 fully saturated rings. The van der Waals surface area contributed by atoms with Crippen molar-refractivity contribution in [1.29, 1.82) is 0 Å². The van der Waals surface area contributed by atoms with Crippen LogP contribution < -0.4 is 19.1 Å². The van der Waals surface area contributed by atoms with E-state index >= 15 is 0 Å². The molecule has 0 aromatic heterocycles. The largest absolute Gasteiger partial charge is 0.486 e. The number of aryl methyl sites for hydroxylation is 1. The summed E-state index contributed by atoms with van der Waals surface area (Å²) in [6.45, 7) is 5.20. The van der Waals surface area contributed by atoms with E-state index in [0.717, 1.165) is 43.1 Å². The van der Waals surface area contributed by atoms with Crippen molar-refractivity contribution in [3.8, 4) is 11.5 Å². The molecule has 0 bridgehead atoms. The van der Waals surface area contributed by atoms with Crippen molar-refractivity contribution in [2.24, 2.45) is 0 Å². The zero-order valence-corrected chi connectivity index (χ0v) is 24.5. The predicted octanol–water partition coefficient (Wildman–Crippen LogP) is 4.18. The van der Waals surface area contributed by atoms with Crippen LogP contribution in [-0.2, 0) is 26.2 Å². The molecule has 1 N–H and O–H groups in total. The van der Waals surface area contributed by atoms with Crippen LogP contribution in [0.3, 0.4) is 0 Å². The molecule has 0 spiro atoms. The van der Waals surface area contributed by atoms with E-state index in [2.05, 4.69) is 5.32 Å². The number of hydrogen-bond donors (Lipinski definition) is 1. The van der Waals surface area contributed by atoms with Gasteiger partial charge in [-0.1, -0.05) is 49.6 Å². The lowest BCUT2D eigenvalue weighted by molar-refractivity contribution is -0.141. The number of hydrogen-bond acceptors (Lipinski definition) is 6. The predicted molar refractivity (Wildman–Crippen MR) is 155 cm³/mol. The van der Waals surface area contributed by atoms with Gasteiger partial charge < -0.3 is 19.7 Å². The van der Waals surface area contributed by atoms with E-state index in [0.29, 0.717) is 49.8 Å². The van der Waals surface area contributed by atoms with Crippen LogP contribution in [0.4, 0.5) is 5.69 Å². The maximum atomic E-state index is 13.7.